The molecule has 0 bridgehead atoms. The molecule has 0 saturated heterocycles. The van der Waals surface area contributed by atoms with Gasteiger partial charge in [-0.3, -0.25) is 0 Å². The molecule has 0 spiro atoms. The smallest absolute Gasteiger partial charge is 0.341 e. The first-order valence-electron chi connectivity index (χ1n) is 4.95. The van der Waals surface area contributed by atoms with Gasteiger partial charge in [0.25, 0.3) is 0 Å². The molecular weight excluding hydrogens is 226 g/mol. The molecule has 0 radical (unpaired) electrons. The molecule has 0 fully saturated rings. The molecule has 1 aromatic heterocycles. The number of carbonyl (C=O) groups excluding carboxylic acids is 1. The van der Waals surface area contributed by atoms with Gasteiger partial charge in [-0.05, 0) is 19.9 Å². The Morgan fingerprint density at radius 1 is 1.62 bits per heavy atom. The van der Waals surface area contributed by atoms with Crippen LogP contribution >= 0.6 is 11.8 Å². The Labute approximate surface area is 99.5 Å². The van der Waals surface area contributed by atoms with Crippen molar-refractivity contribution in [1.29, 1.82) is 0 Å². The maximum Gasteiger partial charge on any atom is 0.341 e. The summed E-state index contributed by atoms with van der Waals surface area (Å²) >= 11 is 1.63. The molecule has 1 heterocycles. The summed E-state index contributed by atoms with van der Waals surface area (Å²) < 4.78 is 9.89. The normalized spacial score (nSPS) is 11.5. The van der Waals surface area contributed by atoms with Crippen LogP contribution in [-0.4, -0.2) is 24.4 Å². The maximum absolute atomic E-state index is 11.3. The number of hydrogen-bond acceptors (Lipinski definition) is 5. The highest BCUT2D eigenvalue weighted by atomic mass is 32.2. The van der Waals surface area contributed by atoms with Crippen molar-refractivity contribution in [1.82, 2.24) is 0 Å². The van der Waals surface area contributed by atoms with E-state index < -0.39 is 0 Å². The number of hydrogen-bond donors (Lipinski definition) is 1. The molecule has 0 amide bonds. The van der Waals surface area contributed by atoms with Crippen LogP contribution in [0, 0.1) is 0 Å². The number of esters is 1. The van der Waals surface area contributed by atoms with Crippen LogP contribution in [0.4, 0.5) is 0 Å². The number of rotatable bonds is 5. The van der Waals surface area contributed by atoms with Gasteiger partial charge in [-0.25, -0.2) is 4.79 Å². The molecule has 0 unspecified atom stereocenters. The third-order valence-electron chi connectivity index (χ3n) is 1.86. The highest BCUT2D eigenvalue weighted by Crippen LogP contribution is 2.20. The molecule has 0 aromatic carbocycles. The van der Waals surface area contributed by atoms with Crippen LogP contribution in [0.15, 0.2) is 16.7 Å². The van der Waals surface area contributed by atoms with Crippen LogP contribution in [-0.2, 0) is 10.5 Å². The minimum Gasteiger partial charge on any atom is -0.468 e. The van der Waals surface area contributed by atoms with Crippen molar-refractivity contribution in [3.63, 3.8) is 0 Å². The first-order chi connectivity index (χ1) is 7.44. The van der Waals surface area contributed by atoms with Crippen LogP contribution < -0.4 is 5.73 Å². The molecule has 5 heteroatoms. The largest absolute Gasteiger partial charge is 0.468 e. The predicted octanol–water partition coefficient (Wildman–Crippen LogP) is 2.04. The molecule has 1 rings (SSSR count). The average molecular weight is 243 g/mol. The third-order valence-corrected chi connectivity index (χ3v) is 3.27. The monoisotopic (exact) mass is 243 g/mol. The quantitative estimate of drug-likeness (QED) is 0.802. The first kappa shape index (κ1) is 13.1. The fraction of sp³-hybridized carbons (Fsp3) is 0.545. The van der Waals surface area contributed by atoms with E-state index in [9.17, 15) is 4.79 Å². The van der Waals surface area contributed by atoms with E-state index in [1.807, 2.05) is 13.8 Å². The number of nitrogens with two attached hydrogens (primary N) is 1. The van der Waals surface area contributed by atoms with E-state index >= 15 is 0 Å². The van der Waals surface area contributed by atoms with Gasteiger partial charge in [0, 0.05) is 11.3 Å². The fourth-order valence-electron chi connectivity index (χ4n) is 1.15. The van der Waals surface area contributed by atoms with Gasteiger partial charge in [-0.2, -0.15) is 11.8 Å². The van der Waals surface area contributed by atoms with E-state index in [0.29, 0.717) is 17.1 Å². The molecule has 16 heavy (non-hydrogen) atoms. The van der Waals surface area contributed by atoms with Crippen LogP contribution in [0.2, 0.25) is 0 Å². The second-order valence-electron chi connectivity index (χ2n) is 4.23. The minimum atomic E-state index is -0.364. The number of furan rings is 1. The molecule has 0 aliphatic carbocycles. The van der Waals surface area contributed by atoms with Crippen LogP contribution in [0.1, 0.15) is 30.0 Å². The van der Waals surface area contributed by atoms with Gasteiger partial charge in [-0.15, -0.1) is 0 Å². The second kappa shape index (κ2) is 5.41. The number of carbonyl (C=O) groups is 1. The number of thioether (sulfide) groups is 1. The zero-order valence-electron chi connectivity index (χ0n) is 9.78. The van der Waals surface area contributed by atoms with Crippen molar-refractivity contribution in [2.45, 2.75) is 25.1 Å². The van der Waals surface area contributed by atoms with Gasteiger partial charge >= 0.3 is 5.97 Å². The number of ether oxygens (including phenoxy) is 1. The van der Waals surface area contributed by atoms with Crippen molar-refractivity contribution in [3.05, 3.63) is 23.7 Å². The Balaban J connectivity index is 2.55. The lowest BCUT2D eigenvalue weighted by molar-refractivity contribution is 0.0598. The lowest BCUT2D eigenvalue weighted by Crippen LogP contribution is -2.34. The van der Waals surface area contributed by atoms with Crippen molar-refractivity contribution in [2.75, 3.05) is 12.9 Å². The van der Waals surface area contributed by atoms with Gasteiger partial charge in [0.2, 0.25) is 0 Å². The lowest BCUT2D eigenvalue weighted by atomic mass is 10.1. The Hall–Kier alpha value is -0.940. The Morgan fingerprint density at radius 2 is 2.31 bits per heavy atom. The lowest BCUT2D eigenvalue weighted by Gasteiger charge is -2.17. The molecule has 0 aliphatic heterocycles. The van der Waals surface area contributed by atoms with Gasteiger partial charge in [0.05, 0.1) is 19.1 Å². The highest BCUT2D eigenvalue weighted by molar-refractivity contribution is 7.98. The van der Waals surface area contributed by atoms with Crippen molar-refractivity contribution >= 4 is 17.7 Å². The molecule has 1 aromatic rings. The van der Waals surface area contributed by atoms with E-state index in [1.54, 1.807) is 17.8 Å². The highest BCUT2D eigenvalue weighted by Gasteiger charge is 2.16. The summed E-state index contributed by atoms with van der Waals surface area (Å²) in [5.41, 5.74) is 6.13. The number of methoxy groups -OCH3 is 1. The Morgan fingerprint density at radius 3 is 2.88 bits per heavy atom. The minimum absolute atomic E-state index is 0.220. The molecule has 4 nitrogen and oxygen atoms in total. The third kappa shape index (κ3) is 3.90. The van der Waals surface area contributed by atoms with Crippen LogP contribution in [0.3, 0.4) is 0 Å². The van der Waals surface area contributed by atoms with Crippen LogP contribution in [0.5, 0.6) is 0 Å². The zero-order chi connectivity index (χ0) is 12.2. The van der Waals surface area contributed by atoms with E-state index in [1.165, 1.54) is 13.4 Å². The molecule has 90 valence electrons. The summed E-state index contributed by atoms with van der Waals surface area (Å²) in [4.78, 5) is 11.3. The van der Waals surface area contributed by atoms with Gasteiger partial charge in [0.15, 0.2) is 0 Å². The van der Waals surface area contributed by atoms with Crippen molar-refractivity contribution < 1.29 is 13.9 Å². The Bertz CT molecular complexity index is 354. The Kier molecular flexibility index (Phi) is 4.44. The molecule has 2 N–H and O–H groups in total. The SMILES string of the molecule is COC(=O)c1ccoc1CSCC(C)(C)N. The first-order valence-corrected chi connectivity index (χ1v) is 6.11. The molecular formula is C11H17NO3S. The van der Waals surface area contributed by atoms with Crippen molar-refractivity contribution in [2.24, 2.45) is 5.73 Å². The van der Waals surface area contributed by atoms with E-state index in [-0.39, 0.29) is 11.5 Å². The average Bonchev–Trinajstić information content (AvgIpc) is 2.63. The predicted molar refractivity (Wildman–Crippen MR) is 64.5 cm³/mol. The van der Waals surface area contributed by atoms with E-state index in [2.05, 4.69) is 4.74 Å². The standard InChI is InChI=1S/C11H17NO3S/c1-11(2,12)7-16-6-9-8(4-5-15-9)10(13)14-3/h4-5H,6-7,12H2,1-3H3. The summed E-state index contributed by atoms with van der Waals surface area (Å²) in [7, 11) is 1.36. The molecule has 0 aliphatic rings. The van der Waals surface area contributed by atoms with Crippen molar-refractivity contribution in [3.8, 4) is 0 Å². The van der Waals surface area contributed by atoms with E-state index in [0.717, 1.165) is 5.75 Å². The van der Waals surface area contributed by atoms with Gasteiger partial charge in [0.1, 0.15) is 11.3 Å². The zero-order valence-corrected chi connectivity index (χ0v) is 10.6. The van der Waals surface area contributed by atoms with Crippen LogP contribution in [0.25, 0.3) is 0 Å². The summed E-state index contributed by atoms with van der Waals surface area (Å²) in [6, 6.07) is 1.62. The fourth-order valence-corrected chi connectivity index (χ4v) is 2.19. The summed E-state index contributed by atoms with van der Waals surface area (Å²) in [5, 5.41) is 0. The molecule has 0 atom stereocenters. The topological polar surface area (TPSA) is 65.5 Å². The molecule has 0 saturated carbocycles. The summed E-state index contributed by atoms with van der Waals surface area (Å²) in [6.07, 6.45) is 1.50. The summed E-state index contributed by atoms with van der Waals surface area (Å²) in [5.74, 6) is 1.70. The summed E-state index contributed by atoms with van der Waals surface area (Å²) in [6.45, 7) is 3.92. The maximum atomic E-state index is 11.3. The van der Waals surface area contributed by atoms with Gasteiger partial charge < -0.3 is 14.9 Å². The van der Waals surface area contributed by atoms with Gasteiger partial charge in [-0.1, -0.05) is 0 Å². The second-order valence-corrected chi connectivity index (χ2v) is 5.22. The van der Waals surface area contributed by atoms with E-state index in [4.69, 9.17) is 10.2 Å².